The van der Waals surface area contributed by atoms with Crippen molar-refractivity contribution in [1.82, 2.24) is 4.98 Å². The number of benzene rings is 1. The Labute approximate surface area is 98.7 Å². The maximum atomic E-state index is 5.36. The van der Waals surface area contributed by atoms with Crippen LogP contribution >= 0.6 is 11.3 Å². The summed E-state index contributed by atoms with van der Waals surface area (Å²) >= 11 is 1.58. The van der Waals surface area contributed by atoms with Gasteiger partial charge in [0.05, 0.1) is 19.8 Å². The van der Waals surface area contributed by atoms with Crippen molar-refractivity contribution in [3.63, 3.8) is 0 Å². The van der Waals surface area contributed by atoms with Crippen molar-refractivity contribution in [3.05, 3.63) is 29.3 Å². The van der Waals surface area contributed by atoms with Crippen molar-refractivity contribution in [1.29, 1.82) is 0 Å². The van der Waals surface area contributed by atoms with Crippen molar-refractivity contribution in [2.75, 3.05) is 14.2 Å². The molecule has 2 aromatic rings. The molecule has 4 heteroatoms. The maximum Gasteiger partial charge on any atom is 0.129 e. The fourth-order valence-corrected chi connectivity index (χ4v) is 2.23. The van der Waals surface area contributed by atoms with Crippen molar-refractivity contribution < 1.29 is 9.47 Å². The highest BCUT2D eigenvalue weighted by molar-refractivity contribution is 7.13. The summed E-state index contributed by atoms with van der Waals surface area (Å²) in [6.45, 7) is 1.99. The molecule has 84 valence electrons. The van der Waals surface area contributed by atoms with Crippen molar-refractivity contribution in [2.45, 2.75) is 6.92 Å². The van der Waals surface area contributed by atoms with Gasteiger partial charge in [-0.3, -0.25) is 0 Å². The molecule has 0 atom stereocenters. The summed E-state index contributed by atoms with van der Waals surface area (Å²) < 4.78 is 10.7. The summed E-state index contributed by atoms with van der Waals surface area (Å²) in [5, 5.41) is 2.89. The van der Waals surface area contributed by atoms with E-state index in [1.807, 2.05) is 24.4 Å². The molecule has 0 radical (unpaired) electrons. The second-order valence-corrected chi connectivity index (χ2v) is 4.25. The van der Waals surface area contributed by atoms with Gasteiger partial charge in [0.1, 0.15) is 16.5 Å². The number of aromatic nitrogens is 1. The molecule has 1 aromatic carbocycles. The quantitative estimate of drug-likeness (QED) is 0.819. The molecule has 0 N–H and O–H groups in total. The van der Waals surface area contributed by atoms with Crippen molar-refractivity contribution in [3.8, 4) is 22.1 Å². The Kier molecular flexibility index (Phi) is 3.10. The van der Waals surface area contributed by atoms with Crippen molar-refractivity contribution in [2.24, 2.45) is 0 Å². The zero-order valence-corrected chi connectivity index (χ0v) is 10.3. The molecular formula is C12H13NO2S. The first-order valence-corrected chi connectivity index (χ1v) is 5.76. The summed E-state index contributed by atoms with van der Waals surface area (Å²) in [4.78, 5) is 4.28. The highest BCUT2D eigenvalue weighted by Gasteiger charge is 2.12. The minimum Gasteiger partial charge on any atom is -0.496 e. The normalized spacial score (nSPS) is 10.2. The van der Waals surface area contributed by atoms with E-state index in [1.54, 1.807) is 31.8 Å². The molecule has 0 fully saturated rings. The number of methoxy groups -OCH3 is 2. The van der Waals surface area contributed by atoms with Crippen LogP contribution in [0.1, 0.15) is 5.56 Å². The second-order valence-electron chi connectivity index (χ2n) is 3.36. The molecule has 3 nitrogen and oxygen atoms in total. The van der Waals surface area contributed by atoms with Crippen LogP contribution in [0.15, 0.2) is 23.7 Å². The Morgan fingerprint density at radius 1 is 1.12 bits per heavy atom. The summed E-state index contributed by atoms with van der Waals surface area (Å²) in [5.41, 5.74) is 2.03. The fraction of sp³-hybridized carbons (Fsp3) is 0.250. The van der Waals surface area contributed by atoms with Crippen LogP contribution in [0.25, 0.3) is 10.6 Å². The van der Waals surface area contributed by atoms with Crippen LogP contribution in [0.2, 0.25) is 0 Å². The topological polar surface area (TPSA) is 31.4 Å². The van der Waals surface area contributed by atoms with E-state index in [1.165, 1.54) is 0 Å². The molecule has 0 saturated heterocycles. The molecule has 0 saturated carbocycles. The molecule has 0 unspecified atom stereocenters. The molecule has 0 amide bonds. The number of hydrogen-bond donors (Lipinski definition) is 0. The first-order chi connectivity index (χ1) is 7.76. The van der Waals surface area contributed by atoms with Crippen LogP contribution in [-0.2, 0) is 0 Å². The molecule has 0 spiro atoms. The summed E-state index contributed by atoms with van der Waals surface area (Å²) in [6, 6.07) is 3.93. The molecule has 0 aliphatic rings. The lowest BCUT2D eigenvalue weighted by Gasteiger charge is -2.11. The summed E-state index contributed by atoms with van der Waals surface area (Å²) in [5.74, 6) is 1.68. The fourth-order valence-electron chi connectivity index (χ4n) is 1.57. The Morgan fingerprint density at radius 3 is 2.44 bits per heavy atom. The third kappa shape index (κ3) is 1.88. The Bertz CT molecular complexity index is 480. The molecule has 0 bridgehead atoms. The smallest absolute Gasteiger partial charge is 0.129 e. The number of rotatable bonds is 3. The first-order valence-electron chi connectivity index (χ1n) is 4.88. The molecule has 16 heavy (non-hydrogen) atoms. The minimum absolute atomic E-state index is 0.827. The van der Waals surface area contributed by atoms with Gasteiger partial charge in [-0.1, -0.05) is 0 Å². The van der Waals surface area contributed by atoms with E-state index in [0.717, 1.165) is 27.6 Å². The minimum atomic E-state index is 0.827. The SMILES string of the molecule is COc1cc(-c2nccs2)c(OC)cc1C. The van der Waals surface area contributed by atoms with Gasteiger partial charge in [-0.05, 0) is 24.6 Å². The summed E-state index contributed by atoms with van der Waals surface area (Å²) in [7, 11) is 3.33. The predicted octanol–water partition coefficient (Wildman–Crippen LogP) is 3.14. The zero-order chi connectivity index (χ0) is 11.5. The second kappa shape index (κ2) is 4.53. The maximum absolute atomic E-state index is 5.36. The van der Waals surface area contributed by atoms with Gasteiger partial charge in [0, 0.05) is 11.6 Å². The van der Waals surface area contributed by atoms with E-state index in [9.17, 15) is 0 Å². The van der Waals surface area contributed by atoms with Crippen molar-refractivity contribution >= 4 is 11.3 Å². The average molecular weight is 235 g/mol. The lowest BCUT2D eigenvalue weighted by molar-refractivity contribution is 0.402. The number of thiazole rings is 1. The van der Waals surface area contributed by atoms with Crippen LogP contribution in [0.3, 0.4) is 0 Å². The Morgan fingerprint density at radius 2 is 1.88 bits per heavy atom. The van der Waals surface area contributed by atoms with Crippen LogP contribution in [0.5, 0.6) is 11.5 Å². The third-order valence-corrected chi connectivity index (χ3v) is 3.19. The summed E-state index contributed by atoms with van der Waals surface area (Å²) in [6.07, 6.45) is 1.78. The van der Waals surface area contributed by atoms with E-state index in [2.05, 4.69) is 4.98 Å². The largest absolute Gasteiger partial charge is 0.496 e. The van der Waals surface area contributed by atoms with E-state index >= 15 is 0 Å². The lowest BCUT2D eigenvalue weighted by Crippen LogP contribution is -1.92. The van der Waals surface area contributed by atoms with Gasteiger partial charge in [0.2, 0.25) is 0 Å². The Hall–Kier alpha value is -1.55. The van der Waals surface area contributed by atoms with Crippen LogP contribution in [0, 0.1) is 6.92 Å². The molecule has 0 aliphatic carbocycles. The van der Waals surface area contributed by atoms with E-state index in [-0.39, 0.29) is 0 Å². The van der Waals surface area contributed by atoms with E-state index in [4.69, 9.17) is 9.47 Å². The monoisotopic (exact) mass is 235 g/mol. The third-order valence-electron chi connectivity index (χ3n) is 2.38. The number of aryl methyl sites for hydroxylation is 1. The van der Waals surface area contributed by atoms with Crippen LogP contribution in [0.4, 0.5) is 0 Å². The average Bonchev–Trinajstić information content (AvgIpc) is 2.82. The predicted molar refractivity (Wildman–Crippen MR) is 65.4 cm³/mol. The highest BCUT2D eigenvalue weighted by atomic mass is 32.1. The van der Waals surface area contributed by atoms with Gasteiger partial charge >= 0.3 is 0 Å². The van der Waals surface area contributed by atoms with Crippen LogP contribution < -0.4 is 9.47 Å². The molecule has 2 rings (SSSR count). The first kappa shape index (κ1) is 11.0. The molecule has 0 aliphatic heterocycles. The number of nitrogens with zero attached hydrogens (tertiary/aromatic N) is 1. The van der Waals surface area contributed by atoms with Gasteiger partial charge in [-0.25, -0.2) is 4.98 Å². The van der Waals surface area contributed by atoms with Gasteiger partial charge in [-0.15, -0.1) is 11.3 Å². The highest BCUT2D eigenvalue weighted by Crippen LogP contribution is 2.36. The standard InChI is InChI=1S/C12H13NO2S/c1-8-6-11(15-3)9(7-10(8)14-2)12-13-4-5-16-12/h4-7H,1-3H3. The number of hydrogen-bond acceptors (Lipinski definition) is 4. The Balaban J connectivity index is 2.58. The molecule has 1 aromatic heterocycles. The lowest BCUT2D eigenvalue weighted by atomic mass is 10.1. The zero-order valence-electron chi connectivity index (χ0n) is 9.48. The van der Waals surface area contributed by atoms with Crippen LogP contribution in [-0.4, -0.2) is 19.2 Å². The molecule has 1 heterocycles. The van der Waals surface area contributed by atoms with Gasteiger partial charge < -0.3 is 9.47 Å². The van der Waals surface area contributed by atoms with Gasteiger partial charge in [0.15, 0.2) is 0 Å². The van der Waals surface area contributed by atoms with Gasteiger partial charge in [0.25, 0.3) is 0 Å². The van der Waals surface area contributed by atoms with Gasteiger partial charge in [-0.2, -0.15) is 0 Å². The number of ether oxygens (including phenoxy) is 2. The van der Waals surface area contributed by atoms with E-state index in [0.29, 0.717) is 0 Å². The molecular weight excluding hydrogens is 222 g/mol. The van der Waals surface area contributed by atoms with E-state index < -0.39 is 0 Å².